The zero-order chi connectivity index (χ0) is 15.3. The maximum Gasteiger partial charge on any atom is 0.303 e. The zero-order valence-electron chi connectivity index (χ0n) is 12.6. The standard InChI is InChI=1S/C13H24O5Si/c1-10(15)17-9-11(16)12(7-8-14)18-19(5,6)13(2,3)4/h8,12H,7,9H2,1-6H3/t12-/m1/s1. The minimum atomic E-state index is -2.14. The van der Waals surface area contributed by atoms with Crippen LogP contribution in [0.4, 0.5) is 0 Å². The van der Waals surface area contributed by atoms with Crippen LogP contribution < -0.4 is 0 Å². The van der Waals surface area contributed by atoms with Gasteiger partial charge in [0.25, 0.3) is 0 Å². The summed E-state index contributed by atoms with van der Waals surface area (Å²) in [6, 6.07) is 0. The molecule has 110 valence electrons. The molecule has 6 heteroatoms. The first kappa shape index (κ1) is 18.0. The van der Waals surface area contributed by atoms with Gasteiger partial charge in [-0.25, -0.2) is 0 Å². The number of ether oxygens (including phenoxy) is 1. The van der Waals surface area contributed by atoms with Crippen molar-refractivity contribution >= 4 is 26.4 Å². The van der Waals surface area contributed by atoms with Gasteiger partial charge in [0, 0.05) is 13.3 Å². The van der Waals surface area contributed by atoms with E-state index in [1.165, 1.54) is 6.92 Å². The summed E-state index contributed by atoms with van der Waals surface area (Å²) in [5, 5.41) is -0.0597. The van der Waals surface area contributed by atoms with Gasteiger partial charge < -0.3 is 14.0 Å². The van der Waals surface area contributed by atoms with Crippen LogP contribution in [0.1, 0.15) is 34.1 Å². The SMILES string of the molecule is CC(=O)OCC(=O)[C@@H](CC=O)O[Si](C)(C)C(C)(C)C. The predicted molar refractivity (Wildman–Crippen MR) is 74.4 cm³/mol. The summed E-state index contributed by atoms with van der Waals surface area (Å²) >= 11 is 0. The van der Waals surface area contributed by atoms with Gasteiger partial charge in [0.05, 0.1) is 0 Å². The highest BCUT2D eigenvalue weighted by atomic mass is 28.4. The molecule has 0 aliphatic heterocycles. The number of hydrogen-bond acceptors (Lipinski definition) is 5. The maximum absolute atomic E-state index is 11.9. The van der Waals surface area contributed by atoms with Crippen molar-refractivity contribution in [1.29, 1.82) is 0 Å². The second-order valence-electron chi connectivity index (χ2n) is 6.02. The van der Waals surface area contributed by atoms with Crippen molar-refractivity contribution in [2.45, 2.75) is 58.4 Å². The predicted octanol–water partition coefficient (Wildman–Crippen LogP) is 2.10. The molecule has 0 saturated carbocycles. The van der Waals surface area contributed by atoms with E-state index in [9.17, 15) is 14.4 Å². The highest BCUT2D eigenvalue weighted by Gasteiger charge is 2.40. The van der Waals surface area contributed by atoms with Crippen LogP contribution in [0.5, 0.6) is 0 Å². The third-order valence-electron chi connectivity index (χ3n) is 3.33. The lowest BCUT2D eigenvalue weighted by Gasteiger charge is -2.38. The van der Waals surface area contributed by atoms with Crippen molar-refractivity contribution in [3.8, 4) is 0 Å². The van der Waals surface area contributed by atoms with Crippen molar-refractivity contribution in [2.75, 3.05) is 6.61 Å². The van der Waals surface area contributed by atoms with Crippen molar-refractivity contribution in [3.63, 3.8) is 0 Å². The summed E-state index contributed by atoms with van der Waals surface area (Å²) in [7, 11) is -2.14. The van der Waals surface area contributed by atoms with Gasteiger partial charge in [0.2, 0.25) is 0 Å². The molecule has 0 aromatic carbocycles. The van der Waals surface area contributed by atoms with Gasteiger partial charge in [0.15, 0.2) is 20.7 Å². The number of carbonyl (C=O) groups is 3. The van der Waals surface area contributed by atoms with Gasteiger partial charge in [0.1, 0.15) is 12.4 Å². The van der Waals surface area contributed by atoms with Crippen LogP contribution in [0.3, 0.4) is 0 Å². The van der Waals surface area contributed by atoms with Gasteiger partial charge in [-0.3, -0.25) is 9.59 Å². The smallest absolute Gasteiger partial charge is 0.303 e. The Hall–Kier alpha value is -1.01. The molecule has 5 nitrogen and oxygen atoms in total. The quantitative estimate of drug-likeness (QED) is 0.407. The number of carbonyl (C=O) groups excluding carboxylic acids is 3. The minimum Gasteiger partial charge on any atom is -0.458 e. The molecule has 0 spiro atoms. The van der Waals surface area contributed by atoms with E-state index in [1.807, 2.05) is 33.9 Å². The monoisotopic (exact) mass is 288 g/mol. The van der Waals surface area contributed by atoms with E-state index in [1.54, 1.807) is 0 Å². The van der Waals surface area contributed by atoms with Gasteiger partial charge in [-0.1, -0.05) is 20.8 Å². The fraction of sp³-hybridized carbons (Fsp3) is 0.769. The van der Waals surface area contributed by atoms with Gasteiger partial charge >= 0.3 is 5.97 Å². The summed E-state index contributed by atoms with van der Waals surface area (Å²) in [6.07, 6.45) is -0.173. The van der Waals surface area contributed by atoms with Crippen LogP contribution >= 0.6 is 0 Å². The molecule has 0 aromatic rings. The van der Waals surface area contributed by atoms with E-state index in [2.05, 4.69) is 4.74 Å². The molecule has 0 fully saturated rings. The number of hydrogen-bond donors (Lipinski definition) is 0. The Kier molecular flexibility index (Phi) is 6.58. The Morgan fingerprint density at radius 1 is 1.26 bits per heavy atom. The van der Waals surface area contributed by atoms with E-state index in [0.717, 1.165) is 0 Å². The topological polar surface area (TPSA) is 69.7 Å². The molecule has 0 aliphatic carbocycles. The fourth-order valence-electron chi connectivity index (χ4n) is 1.13. The van der Waals surface area contributed by atoms with Crippen LogP contribution in [0.25, 0.3) is 0 Å². The van der Waals surface area contributed by atoms with Crippen molar-refractivity contribution in [3.05, 3.63) is 0 Å². The van der Waals surface area contributed by atoms with E-state index in [4.69, 9.17) is 4.43 Å². The first-order valence-corrected chi connectivity index (χ1v) is 9.19. The molecule has 0 aromatic heterocycles. The van der Waals surface area contributed by atoms with Crippen molar-refractivity contribution in [1.82, 2.24) is 0 Å². The highest BCUT2D eigenvalue weighted by Crippen LogP contribution is 2.37. The van der Waals surface area contributed by atoms with Crippen LogP contribution in [-0.2, 0) is 23.5 Å². The number of rotatable bonds is 7. The van der Waals surface area contributed by atoms with Gasteiger partial charge in [-0.05, 0) is 18.1 Å². The third-order valence-corrected chi connectivity index (χ3v) is 7.82. The molecule has 0 unspecified atom stereocenters. The van der Waals surface area contributed by atoms with Crippen LogP contribution in [0, 0.1) is 0 Å². The lowest BCUT2D eigenvalue weighted by molar-refractivity contribution is -0.148. The first-order valence-electron chi connectivity index (χ1n) is 6.29. The number of ketones is 1. The van der Waals surface area contributed by atoms with Gasteiger partial charge in [-0.2, -0.15) is 0 Å². The maximum atomic E-state index is 11.9. The summed E-state index contributed by atoms with van der Waals surface area (Å²) in [6.45, 7) is 11.0. The van der Waals surface area contributed by atoms with Crippen LogP contribution in [-0.4, -0.2) is 39.1 Å². The van der Waals surface area contributed by atoms with E-state index in [0.29, 0.717) is 6.29 Å². The Morgan fingerprint density at radius 2 is 1.79 bits per heavy atom. The zero-order valence-corrected chi connectivity index (χ0v) is 13.6. The van der Waals surface area contributed by atoms with Crippen LogP contribution in [0.2, 0.25) is 18.1 Å². The van der Waals surface area contributed by atoms with Crippen molar-refractivity contribution < 1.29 is 23.5 Å². The summed E-state index contributed by atoms with van der Waals surface area (Å²) in [5.41, 5.74) is 0. The lowest BCUT2D eigenvalue weighted by Crippen LogP contribution is -2.46. The Morgan fingerprint density at radius 3 is 2.16 bits per heavy atom. The number of aldehydes is 1. The number of esters is 1. The average Bonchev–Trinajstić information content (AvgIpc) is 2.23. The first-order chi connectivity index (χ1) is 8.51. The Bertz CT molecular complexity index is 343. The summed E-state index contributed by atoms with van der Waals surface area (Å²) in [4.78, 5) is 33.3. The largest absolute Gasteiger partial charge is 0.458 e. The molecule has 1 atom stereocenters. The molecule has 0 radical (unpaired) electrons. The summed E-state index contributed by atoms with van der Waals surface area (Å²) in [5.74, 6) is -0.891. The molecule has 0 heterocycles. The normalized spacial score (nSPS) is 13.8. The van der Waals surface area contributed by atoms with E-state index in [-0.39, 0.29) is 23.8 Å². The average molecular weight is 288 g/mol. The van der Waals surface area contributed by atoms with E-state index >= 15 is 0 Å². The minimum absolute atomic E-state index is 0.00733. The molecule has 0 amide bonds. The molecular weight excluding hydrogens is 264 g/mol. The van der Waals surface area contributed by atoms with Gasteiger partial charge in [-0.15, -0.1) is 0 Å². The number of Topliss-reactive ketones (excluding diaryl/α,β-unsaturated/α-hetero) is 1. The molecule has 0 N–H and O–H groups in total. The molecule has 0 saturated heterocycles. The molecule has 0 bridgehead atoms. The summed E-state index contributed by atoms with van der Waals surface area (Å²) < 4.78 is 10.6. The molecule has 0 rings (SSSR count). The molecule has 0 aliphatic rings. The molecule has 19 heavy (non-hydrogen) atoms. The van der Waals surface area contributed by atoms with E-state index < -0.39 is 20.4 Å². The second-order valence-corrected chi connectivity index (χ2v) is 10.8. The Balaban J connectivity index is 4.78. The van der Waals surface area contributed by atoms with Crippen LogP contribution in [0.15, 0.2) is 0 Å². The second kappa shape index (κ2) is 6.95. The van der Waals surface area contributed by atoms with Crippen molar-refractivity contribution in [2.24, 2.45) is 0 Å². The highest BCUT2D eigenvalue weighted by molar-refractivity contribution is 6.74. The lowest BCUT2D eigenvalue weighted by atomic mass is 10.2. The Labute approximate surface area is 115 Å². The molecular formula is C13H24O5Si. The third kappa shape index (κ3) is 6.11. The fourth-order valence-corrected chi connectivity index (χ4v) is 2.42.